The van der Waals surface area contributed by atoms with Crippen LogP contribution in [-0.2, 0) is 0 Å². The summed E-state index contributed by atoms with van der Waals surface area (Å²) < 4.78 is 102. The van der Waals surface area contributed by atoms with Crippen molar-refractivity contribution in [3.05, 3.63) is 24.3 Å². The van der Waals surface area contributed by atoms with Gasteiger partial charge < -0.3 is 0 Å². The Bertz CT molecular complexity index is 445. The molecule has 11 heteroatoms. The van der Waals surface area contributed by atoms with Crippen molar-refractivity contribution in [2.45, 2.75) is 9.79 Å². The van der Waals surface area contributed by atoms with Gasteiger partial charge in [-0.25, -0.2) is 0 Å². The van der Waals surface area contributed by atoms with Crippen LogP contribution in [0.3, 0.4) is 0 Å². The maximum Gasteiger partial charge on any atom is 0.253 e. The van der Waals surface area contributed by atoms with Gasteiger partial charge in [0.15, 0.2) is 9.84 Å². The highest BCUT2D eigenvalue weighted by atomic mass is 35.7. The van der Waals surface area contributed by atoms with Crippen LogP contribution in [0.4, 0.5) is 31.1 Å². The minimum absolute atomic E-state index is 0.183. The molecule has 110 valence electrons. The summed E-state index contributed by atoms with van der Waals surface area (Å²) in [5, 5.41) is 0. The summed E-state index contributed by atoms with van der Waals surface area (Å²) in [6.07, 6.45) is -0.653. The van der Waals surface area contributed by atoms with Gasteiger partial charge in [0.1, 0.15) is 0 Å². The van der Waals surface area contributed by atoms with E-state index in [1.54, 1.807) is 0 Å². The fourth-order valence-corrected chi connectivity index (χ4v) is 2.82. The molecular formula is C7H7ClF8S2. The van der Waals surface area contributed by atoms with Crippen LogP contribution >= 0.6 is 29.6 Å². The predicted molar refractivity (Wildman–Crippen MR) is 58.8 cm³/mol. The predicted octanol–water partition coefficient (Wildman–Crippen LogP) is 7.02. The molecule has 1 rings (SSSR count). The van der Waals surface area contributed by atoms with Gasteiger partial charge in [0.25, 0.3) is 9.05 Å². The van der Waals surface area contributed by atoms with Crippen molar-refractivity contribution < 1.29 is 31.1 Å². The quantitative estimate of drug-likeness (QED) is 0.507. The van der Waals surface area contributed by atoms with Crippen molar-refractivity contribution in [1.29, 1.82) is 0 Å². The lowest BCUT2D eigenvalue weighted by atomic mass is 10.4. The van der Waals surface area contributed by atoms with E-state index >= 15 is 0 Å². The van der Waals surface area contributed by atoms with Gasteiger partial charge in [-0.1, -0.05) is 0 Å². The largest absolute Gasteiger partial charge is 0.253 e. The Morgan fingerprint density at radius 1 is 0.722 bits per heavy atom. The standard InChI is InChI=1S/C7H7ClF8S2/c1-17(9,10,11,12)6-2-4-7(5-3-6)18(8,13,14,15)16/h2-5H,1H3. The fraction of sp³-hybridized carbons (Fsp3) is 0.143. The summed E-state index contributed by atoms with van der Waals surface area (Å²) in [6, 6.07) is -0.827. The minimum atomic E-state index is -9.07. The van der Waals surface area contributed by atoms with Gasteiger partial charge in [-0.3, -0.25) is 0 Å². The summed E-state index contributed by atoms with van der Waals surface area (Å²) in [4.78, 5) is -3.96. The molecule has 1 aromatic rings. The van der Waals surface area contributed by atoms with Crippen LogP contribution in [0.1, 0.15) is 0 Å². The van der Waals surface area contributed by atoms with Gasteiger partial charge >= 0.3 is 0 Å². The highest BCUT2D eigenvalue weighted by Crippen LogP contribution is 3.04. The lowest BCUT2D eigenvalue weighted by Gasteiger charge is -2.47. The van der Waals surface area contributed by atoms with E-state index in [2.05, 4.69) is 10.7 Å². The first-order chi connectivity index (χ1) is 7.19. The molecule has 0 nitrogen and oxygen atoms in total. The third-order valence-electron chi connectivity index (χ3n) is 1.86. The third-order valence-corrected chi connectivity index (χ3v) is 5.02. The van der Waals surface area contributed by atoms with E-state index in [1.165, 1.54) is 0 Å². The van der Waals surface area contributed by atoms with Crippen molar-refractivity contribution in [2.75, 3.05) is 6.26 Å². The number of rotatable bonds is 2. The second-order valence-corrected chi connectivity index (χ2v) is 11.6. The van der Waals surface area contributed by atoms with E-state index in [1.807, 2.05) is 0 Å². The summed E-state index contributed by atoms with van der Waals surface area (Å²) >= 11 is 0. The van der Waals surface area contributed by atoms with Gasteiger partial charge in [-0.2, -0.15) is 0 Å². The van der Waals surface area contributed by atoms with E-state index in [9.17, 15) is 31.1 Å². The van der Waals surface area contributed by atoms with Crippen molar-refractivity contribution in [1.82, 2.24) is 0 Å². The second-order valence-electron chi connectivity index (χ2n) is 3.92. The zero-order chi connectivity index (χ0) is 14.8. The first kappa shape index (κ1) is 15.7. The highest BCUT2D eigenvalue weighted by molar-refractivity contribution is 8.65. The molecule has 0 aliphatic heterocycles. The Morgan fingerprint density at radius 3 is 1.22 bits per heavy atom. The molecule has 0 saturated heterocycles. The van der Waals surface area contributed by atoms with Crippen molar-refractivity contribution in [3.8, 4) is 0 Å². The lowest BCUT2D eigenvalue weighted by Crippen LogP contribution is -2.12. The summed E-state index contributed by atoms with van der Waals surface area (Å²) in [6.45, 7) is 0. The van der Waals surface area contributed by atoms with E-state index in [-0.39, 0.29) is 24.3 Å². The average Bonchev–Trinajstić information content (AvgIpc) is 1.96. The van der Waals surface area contributed by atoms with E-state index in [0.29, 0.717) is 0 Å². The minimum Gasteiger partial charge on any atom is -0.121 e. The van der Waals surface area contributed by atoms with Crippen LogP contribution in [0.15, 0.2) is 34.1 Å². The Balaban J connectivity index is 3.45. The van der Waals surface area contributed by atoms with Crippen LogP contribution < -0.4 is 0 Å². The molecule has 0 atom stereocenters. The van der Waals surface area contributed by atoms with Crippen LogP contribution in [-0.4, -0.2) is 6.26 Å². The Labute approximate surface area is 101 Å². The number of hydrogen-bond acceptors (Lipinski definition) is 0. The zero-order valence-electron chi connectivity index (χ0n) is 8.53. The van der Waals surface area contributed by atoms with Gasteiger partial charge in [-0.05, 0) is 24.3 Å². The van der Waals surface area contributed by atoms with Crippen molar-refractivity contribution in [2.24, 2.45) is 0 Å². The molecule has 0 aliphatic carbocycles. The Kier molecular flexibility index (Phi) is 2.26. The Morgan fingerprint density at radius 2 is 1.00 bits per heavy atom. The normalized spacial score (nSPS) is 21.4. The van der Waals surface area contributed by atoms with E-state index in [4.69, 9.17) is 0 Å². The number of halogens is 9. The number of benzene rings is 1. The van der Waals surface area contributed by atoms with Gasteiger partial charge in [0.2, 0.25) is 0 Å². The maximum atomic E-state index is 12.8. The maximum absolute atomic E-state index is 12.8. The fourth-order valence-electron chi connectivity index (χ4n) is 1.04. The first-order valence-electron chi connectivity index (χ1n) is 4.03. The molecule has 0 amide bonds. The molecule has 0 aliphatic rings. The number of hydrogen-bond donors (Lipinski definition) is 0. The van der Waals surface area contributed by atoms with Gasteiger partial charge in [0, 0.05) is 10.7 Å². The Hall–Kier alpha value is -0.350. The zero-order valence-corrected chi connectivity index (χ0v) is 10.9. The lowest BCUT2D eigenvalue weighted by molar-refractivity contribution is 0.455. The van der Waals surface area contributed by atoms with Gasteiger partial charge in [0.05, 0.1) is 16.0 Å². The molecule has 0 bridgehead atoms. The molecule has 0 fully saturated rings. The summed E-state index contributed by atoms with van der Waals surface area (Å²) in [5.74, 6) is 0. The van der Waals surface area contributed by atoms with E-state index in [0.717, 1.165) is 0 Å². The molecule has 0 spiro atoms. The molecule has 18 heavy (non-hydrogen) atoms. The van der Waals surface area contributed by atoms with E-state index < -0.39 is 34.9 Å². The molecule has 0 aromatic heterocycles. The molecule has 0 N–H and O–H groups in total. The van der Waals surface area contributed by atoms with Crippen molar-refractivity contribution in [3.63, 3.8) is 0 Å². The molecule has 1 aromatic carbocycles. The van der Waals surface area contributed by atoms with Crippen LogP contribution in [0.25, 0.3) is 0 Å². The summed E-state index contributed by atoms with van der Waals surface area (Å²) in [5.41, 5.74) is 0. The smallest absolute Gasteiger partial charge is 0.121 e. The average molecular weight is 343 g/mol. The first-order valence-corrected chi connectivity index (χ1v) is 9.36. The molecule has 0 saturated carbocycles. The van der Waals surface area contributed by atoms with Crippen molar-refractivity contribution >= 4 is 29.6 Å². The molecular weight excluding hydrogens is 336 g/mol. The van der Waals surface area contributed by atoms with Crippen LogP contribution in [0.5, 0.6) is 0 Å². The molecule has 0 unspecified atom stereocenters. The third kappa shape index (κ3) is 3.82. The van der Waals surface area contributed by atoms with Gasteiger partial charge in [-0.15, -0.1) is 31.1 Å². The summed E-state index contributed by atoms with van der Waals surface area (Å²) in [7, 11) is -13.8. The monoisotopic (exact) mass is 342 g/mol. The topological polar surface area (TPSA) is 0 Å². The van der Waals surface area contributed by atoms with Crippen LogP contribution in [0.2, 0.25) is 0 Å². The van der Waals surface area contributed by atoms with Crippen LogP contribution in [0, 0.1) is 0 Å². The highest BCUT2D eigenvalue weighted by Gasteiger charge is 2.64. The molecule has 0 heterocycles. The molecule has 0 radical (unpaired) electrons. The SMILES string of the molecule is CS(F)(F)(F)(F)c1ccc(S(F)(F)(F)(F)Cl)cc1. The second kappa shape index (κ2) is 2.59.